The highest BCUT2D eigenvalue weighted by Gasteiger charge is 2.47. The molecule has 0 amide bonds. The van der Waals surface area contributed by atoms with Crippen molar-refractivity contribution in [2.75, 3.05) is 0 Å². The van der Waals surface area contributed by atoms with Gasteiger partial charge in [-0.05, 0) is 31.0 Å². The largest absolute Gasteiger partial charge is 0.481 e. The predicted molar refractivity (Wildman–Crippen MR) is 66.7 cm³/mol. The zero-order valence-electron chi connectivity index (χ0n) is 10.2. The fourth-order valence-electron chi connectivity index (χ4n) is 2.46. The molecule has 1 aliphatic rings. The quantitative estimate of drug-likeness (QED) is 0.922. The Bertz CT molecular complexity index is 632. The molecule has 1 fully saturated rings. The highest BCUT2D eigenvalue weighted by Crippen LogP contribution is 2.43. The topological polar surface area (TPSA) is 55.1 Å². The Labute approximate surface area is 109 Å². The van der Waals surface area contributed by atoms with Crippen molar-refractivity contribution >= 4 is 5.97 Å². The molecule has 0 unspecified atom stereocenters. The maximum Gasteiger partial charge on any atom is 0.315 e. The van der Waals surface area contributed by atoms with E-state index in [0.29, 0.717) is 24.2 Å². The van der Waals surface area contributed by atoms with E-state index in [-0.39, 0.29) is 5.82 Å². The Morgan fingerprint density at radius 2 is 2.05 bits per heavy atom. The zero-order valence-corrected chi connectivity index (χ0v) is 10.2. The average molecular weight is 260 g/mol. The van der Waals surface area contributed by atoms with Crippen LogP contribution in [0.2, 0.25) is 0 Å². The minimum absolute atomic E-state index is 0.327. The second kappa shape index (κ2) is 4.19. The number of carbonyl (C=O) groups is 1. The van der Waals surface area contributed by atoms with Gasteiger partial charge in [-0.15, -0.1) is 0 Å². The summed E-state index contributed by atoms with van der Waals surface area (Å²) in [7, 11) is 0. The van der Waals surface area contributed by atoms with E-state index in [2.05, 4.69) is 5.10 Å². The smallest absolute Gasteiger partial charge is 0.315 e. The Hall–Kier alpha value is -2.17. The summed E-state index contributed by atoms with van der Waals surface area (Å²) in [5.74, 6) is -1.23. The SMILES string of the molecule is O=C(O)C1(c2ccn(-c3ccccc3F)n2)CCC1. The third-order valence-corrected chi connectivity index (χ3v) is 3.80. The molecule has 4 nitrogen and oxygen atoms in total. The summed E-state index contributed by atoms with van der Waals surface area (Å²) in [4.78, 5) is 11.4. The number of benzene rings is 1. The Kier molecular flexibility index (Phi) is 2.62. The van der Waals surface area contributed by atoms with Crippen molar-refractivity contribution < 1.29 is 14.3 Å². The Balaban J connectivity index is 2.01. The first-order valence-electron chi connectivity index (χ1n) is 6.18. The molecule has 1 heterocycles. The molecule has 0 saturated heterocycles. The number of carboxylic acids is 1. The van der Waals surface area contributed by atoms with Gasteiger partial charge >= 0.3 is 5.97 Å². The van der Waals surface area contributed by atoms with Gasteiger partial charge in [0.25, 0.3) is 0 Å². The molecule has 0 bridgehead atoms. The van der Waals surface area contributed by atoms with Gasteiger partial charge < -0.3 is 5.11 Å². The molecule has 19 heavy (non-hydrogen) atoms. The number of halogens is 1. The summed E-state index contributed by atoms with van der Waals surface area (Å²) < 4.78 is 15.1. The minimum Gasteiger partial charge on any atom is -0.481 e. The fourth-order valence-corrected chi connectivity index (χ4v) is 2.46. The fraction of sp³-hybridized carbons (Fsp3) is 0.286. The van der Waals surface area contributed by atoms with Crippen LogP contribution >= 0.6 is 0 Å². The molecule has 5 heteroatoms. The summed E-state index contributed by atoms with van der Waals surface area (Å²) in [6, 6.07) is 7.96. The molecule has 1 saturated carbocycles. The van der Waals surface area contributed by atoms with Crippen LogP contribution in [0.25, 0.3) is 5.69 Å². The highest BCUT2D eigenvalue weighted by atomic mass is 19.1. The van der Waals surface area contributed by atoms with Gasteiger partial charge in [0.1, 0.15) is 16.9 Å². The molecule has 0 radical (unpaired) electrons. The van der Waals surface area contributed by atoms with Gasteiger partial charge in [0.05, 0.1) is 5.69 Å². The van der Waals surface area contributed by atoms with Gasteiger partial charge in [-0.3, -0.25) is 4.79 Å². The normalized spacial score (nSPS) is 16.9. The summed E-state index contributed by atoms with van der Waals surface area (Å²) in [5.41, 5.74) is -0.0422. The van der Waals surface area contributed by atoms with Crippen molar-refractivity contribution in [1.82, 2.24) is 9.78 Å². The first-order chi connectivity index (χ1) is 9.13. The maximum absolute atomic E-state index is 13.7. The van der Waals surface area contributed by atoms with Gasteiger partial charge in [0.2, 0.25) is 0 Å². The molecule has 0 spiro atoms. The van der Waals surface area contributed by atoms with Crippen LogP contribution in [0.1, 0.15) is 25.0 Å². The van der Waals surface area contributed by atoms with E-state index in [1.54, 1.807) is 30.5 Å². The van der Waals surface area contributed by atoms with E-state index in [0.717, 1.165) is 6.42 Å². The molecular weight excluding hydrogens is 247 g/mol. The molecular formula is C14H13FN2O2. The van der Waals surface area contributed by atoms with Crippen LogP contribution in [0.15, 0.2) is 36.5 Å². The van der Waals surface area contributed by atoms with Gasteiger partial charge in [-0.25, -0.2) is 9.07 Å². The van der Waals surface area contributed by atoms with Crippen molar-refractivity contribution in [2.45, 2.75) is 24.7 Å². The number of aliphatic carboxylic acids is 1. The molecule has 1 aromatic carbocycles. The standard InChI is InChI=1S/C14H13FN2O2/c15-10-4-1-2-5-11(10)17-9-6-12(16-17)14(13(18)19)7-3-8-14/h1-2,4-6,9H,3,7-8H2,(H,18,19). The van der Waals surface area contributed by atoms with Gasteiger partial charge in [0, 0.05) is 6.20 Å². The molecule has 0 aliphatic heterocycles. The summed E-state index contributed by atoms with van der Waals surface area (Å²) in [5, 5.41) is 13.6. The lowest BCUT2D eigenvalue weighted by Crippen LogP contribution is -2.42. The Morgan fingerprint density at radius 1 is 1.32 bits per heavy atom. The summed E-state index contributed by atoms with van der Waals surface area (Å²) in [6.45, 7) is 0. The van der Waals surface area contributed by atoms with E-state index in [4.69, 9.17) is 0 Å². The van der Waals surface area contributed by atoms with Crippen LogP contribution in [0.5, 0.6) is 0 Å². The maximum atomic E-state index is 13.7. The van der Waals surface area contributed by atoms with Crippen molar-refractivity contribution in [1.29, 1.82) is 0 Å². The van der Waals surface area contributed by atoms with Crippen LogP contribution in [0.4, 0.5) is 4.39 Å². The van der Waals surface area contributed by atoms with Crippen LogP contribution in [-0.2, 0) is 10.2 Å². The van der Waals surface area contributed by atoms with Crippen molar-refractivity contribution in [3.05, 3.63) is 48.0 Å². The lowest BCUT2D eigenvalue weighted by Gasteiger charge is -2.35. The summed E-state index contributed by atoms with van der Waals surface area (Å²) >= 11 is 0. The molecule has 1 aliphatic carbocycles. The lowest BCUT2D eigenvalue weighted by atomic mass is 9.67. The third-order valence-electron chi connectivity index (χ3n) is 3.80. The number of para-hydroxylation sites is 1. The molecule has 1 aromatic heterocycles. The van der Waals surface area contributed by atoms with E-state index < -0.39 is 11.4 Å². The second-order valence-corrected chi connectivity index (χ2v) is 4.84. The van der Waals surface area contributed by atoms with Crippen LogP contribution in [-0.4, -0.2) is 20.9 Å². The van der Waals surface area contributed by atoms with Crippen molar-refractivity contribution in [3.63, 3.8) is 0 Å². The Morgan fingerprint density at radius 3 is 2.63 bits per heavy atom. The lowest BCUT2D eigenvalue weighted by molar-refractivity contribution is -0.147. The molecule has 2 aromatic rings. The third kappa shape index (κ3) is 1.73. The van der Waals surface area contributed by atoms with E-state index in [1.807, 2.05) is 0 Å². The molecule has 0 atom stereocenters. The van der Waals surface area contributed by atoms with E-state index in [9.17, 15) is 14.3 Å². The minimum atomic E-state index is -0.878. The first kappa shape index (κ1) is 11.9. The summed E-state index contributed by atoms with van der Waals surface area (Å²) in [6.07, 6.45) is 3.68. The number of hydrogen-bond donors (Lipinski definition) is 1. The van der Waals surface area contributed by atoms with Crippen molar-refractivity contribution in [2.24, 2.45) is 0 Å². The number of rotatable bonds is 3. The number of hydrogen-bond acceptors (Lipinski definition) is 2. The van der Waals surface area contributed by atoms with Gasteiger partial charge in [-0.1, -0.05) is 18.6 Å². The van der Waals surface area contributed by atoms with E-state index >= 15 is 0 Å². The van der Waals surface area contributed by atoms with Crippen LogP contribution < -0.4 is 0 Å². The van der Waals surface area contributed by atoms with Gasteiger partial charge in [0.15, 0.2) is 0 Å². The average Bonchev–Trinajstić information content (AvgIpc) is 2.77. The zero-order chi connectivity index (χ0) is 13.5. The van der Waals surface area contributed by atoms with Crippen LogP contribution in [0.3, 0.4) is 0 Å². The first-order valence-corrected chi connectivity index (χ1v) is 6.18. The number of aromatic nitrogens is 2. The molecule has 1 N–H and O–H groups in total. The molecule has 98 valence electrons. The predicted octanol–water partition coefficient (Wildman–Crippen LogP) is 2.52. The van der Waals surface area contributed by atoms with Gasteiger partial charge in [-0.2, -0.15) is 5.10 Å². The molecule has 3 rings (SSSR count). The van der Waals surface area contributed by atoms with Crippen molar-refractivity contribution in [3.8, 4) is 5.69 Å². The van der Waals surface area contributed by atoms with E-state index in [1.165, 1.54) is 10.7 Å². The monoisotopic (exact) mass is 260 g/mol. The van der Waals surface area contributed by atoms with Crippen LogP contribution in [0, 0.1) is 5.82 Å². The number of nitrogens with zero attached hydrogens (tertiary/aromatic N) is 2. The second-order valence-electron chi connectivity index (χ2n) is 4.84. The highest BCUT2D eigenvalue weighted by molar-refractivity contribution is 5.81. The number of carboxylic acid groups (broad SMARTS) is 1.